The number of carboxylic acids is 1. The lowest BCUT2D eigenvalue weighted by Crippen LogP contribution is -2.21. The van der Waals surface area contributed by atoms with Crippen LogP contribution >= 0.6 is 0 Å². The Balaban J connectivity index is 4.06. The van der Waals surface area contributed by atoms with Gasteiger partial charge in [-0.15, -0.1) is 0 Å². The average Bonchev–Trinajstić information content (AvgIpc) is 2.02. The van der Waals surface area contributed by atoms with E-state index in [0.29, 0.717) is 6.42 Å². The number of carbonyl (C=O) groups is 2. The Hall–Kier alpha value is -0.860. The molecule has 0 aliphatic heterocycles. The molecule has 0 aromatic carbocycles. The Morgan fingerprint density at radius 2 is 1.69 bits per heavy atom. The summed E-state index contributed by atoms with van der Waals surface area (Å²) >= 11 is 0. The first-order chi connectivity index (χ1) is 5.86. The summed E-state index contributed by atoms with van der Waals surface area (Å²) in [6.07, 6.45) is 0.566. The third-order valence-corrected chi connectivity index (χ3v) is 2.64. The van der Waals surface area contributed by atoms with Crippen LogP contribution in [0.15, 0.2) is 0 Å². The maximum Gasteiger partial charge on any atom is 0.306 e. The van der Waals surface area contributed by atoms with E-state index in [1.807, 2.05) is 13.8 Å². The molecule has 0 fully saturated rings. The predicted octanol–water partition coefficient (Wildman–Crippen LogP) is 1.96. The quantitative estimate of drug-likeness (QED) is 0.714. The third-order valence-electron chi connectivity index (χ3n) is 2.64. The molecule has 13 heavy (non-hydrogen) atoms. The second-order valence-electron chi connectivity index (χ2n) is 3.85. The van der Waals surface area contributed by atoms with Crippen molar-refractivity contribution < 1.29 is 14.7 Å². The van der Waals surface area contributed by atoms with Crippen molar-refractivity contribution in [3.63, 3.8) is 0 Å². The molecule has 1 N–H and O–H groups in total. The van der Waals surface area contributed by atoms with Crippen molar-refractivity contribution in [2.45, 2.75) is 34.1 Å². The van der Waals surface area contributed by atoms with Crippen molar-refractivity contribution >= 4 is 11.8 Å². The van der Waals surface area contributed by atoms with E-state index >= 15 is 0 Å². The van der Waals surface area contributed by atoms with Crippen LogP contribution in [-0.2, 0) is 9.59 Å². The normalized spacial score (nSPS) is 17.5. The largest absolute Gasteiger partial charge is 0.481 e. The van der Waals surface area contributed by atoms with Gasteiger partial charge < -0.3 is 5.11 Å². The van der Waals surface area contributed by atoms with Crippen LogP contribution in [0, 0.1) is 17.8 Å². The monoisotopic (exact) mass is 186 g/mol. The van der Waals surface area contributed by atoms with E-state index in [9.17, 15) is 9.59 Å². The summed E-state index contributed by atoms with van der Waals surface area (Å²) in [5.41, 5.74) is 0. The van der Waals surface area contributed by atoms with E-state index in [1.54, 1.807) is 13.8 Å². The fourth-order valence-corrected chi connectivity index (χ4v) is 1.26. The molecule has 0 rings (SSSR count). The molecular formula is C10H18O3. The van der Waals surface area contributed by atoms with E-state index in [0.717, 1.165) is 0 Å². The van der Waals surface area contributed by atoms with Gasteiger partial charge in [-0.1, -0.05) is 20.8 Å². The molecule has 3 nitrogen and oxygen atoms in total. The highest BCUT2D eigenvalue weighted by Gasteiger charge is 2.21. The van der Waals surface area contributed by atoms with Crippen LogP contribution in [0.2, 0.25) is 0 Å². The minimum Gasteiger partial charge on any atom is -0.481 e. The number of Topliss-reactive ketones (excluding diaryl/α,β-unsaturated/α-hetero) is 1. The summed E-state index contributed by atoms with van der Waals surface area (Å²) in [5, 5.41) is 8.67. The molecule has 0 aliphatic carbocycles. The summed E-state index contributed by atoms with van der Waals surface area (Å²) in [6, 6.07) is 0. The smallest absolute Gasteiger partial charge is 0.306 e. The molecule has 0 aromatic rings. The standard InChI is InChI=1S/C10H18O3/c1-6(8(3)9(4)11)5-7(2)10(12)13/h6-8H,5H2,1-4H3,(H,12,13). The molecule has 3 unspecified atom stereocenters. The fourth-order valence-electron chi connectivity index (χ4n) is 1.26. The van der Waals surface area contributed by atoms with Gasteiger partial charge in [0.15, 0.2) is 0 Å². The average molecular weight is 186 g/mol. The lowest BCUT2D eigenvalue weighted by atomic mass is 9.85. The molecular weight excluding hydrogens is 168 g/mol. The van der Waals surface area contributed by atoms with Crippen LogP contribution in [0.3, 0.4) is 0 Å². The van der Waals surface area contributed by atoms with E-state index in [-0.39, 0.29) is 23.5 Å². The fraction of sp³-hybridized carbons (Fsp3) is 0.800. The Morgan fingerprint density at radius 1 is 1.23 bits per heavy atom. The SMILES string of the molecule is CC(=O)C(C)C(C)CC(C)C(=O)O. The van der Waals surface area contributed by atoms with Gasteiger partial charge in [-0.2, -0.15) is 0 Å². The summed E-state index contributed by atoms with van der Waals surface area (Å²) < 4.78 is 0. The summed E-state index contributed by atoms with van der Waals surface area (Å²) in [6.45, 7) is 6.99. The molecule has 0 aliphatic rings. The maximum absolute atomic E-state index is 11.0. The topological polar surface area (TPSA) is 54.4 Å². The van der Waals surface area contributed by atoms with Gasteiger partial charge in [-0.25, -0.2) is 0 Å². The van der Waals surface area contributed by atoms with Gasteiger partial charge >= 0.3 is 5.97 Å². The van der Waals surface area contributed by atoms with Crippen molar-refractivity contribution in [1.82, 2.24) is 0 Å². The molecule has 3 atom stereocenters. The Labute approximate surface area is 79.1 Å². The lowest BCUT2D eigenvalue weighted by molar-refractivity contribution is -0.142. The molecule has 0 radical (unpaired) electrons. The van der Waals surface area contributed by atoms with Crippen LogP contribution < -0.4 is 0 Å². The minimum absolute atomic E-state index is 0.0400. The Bertz CT molecular complexity index is 198. The van der Waals surface area contributed by atoms with Crippen LogP contribution in [0.25, 0.3) is 0 Å². The Kier molecular flexibility index (Phi) is 4.67. The number of ketones is 1. The van der Waals surface area contributed by atoms with Crippen molar-refractivity contribution in [2.75, 3.05) is 0 Å². The number of rotatable bonds is 5. The molecule has 0 spiro atoms. The third kappa shape index (κ3) is 4.06. The van der Waals surface area contributed by atoms with Gasteiger partial charge in [0.25, 0.3) is 0 Å². The van der Waals surface area contributed by atoms with Crippen LogP contribution in [0.4, 0.5) is 0 Å². The maximum atomic E-state index is 11.0. The zero-order valence-electron chi connectivity index (χ0n) is 8.70. The zero-order chi connectivity index (χ0) is 10.6. The first kappa shape index (κ1) is 12.1. The highest BCUT2D eigenvalue weighted by Crippen LogP contribution is 2.20. The molecule has 0 saturated heterocycles. The number of hydrogen-bond acceptors (Lipinski definition) is 2. The summed E-state index contributed by atoms with van der Waals surface area (Å²) in [4.78, 5) is 21.5. The van der Waals surface area contributed by atoms with Gasteiger partial charge in [0.1, 0.15) is 5.78 Å². The van der Waals surface area contributed by atoms with Crippen LogP contribution in [0.5, 0.6) is 0 Å². The minimum atomic E-state index is -0.789. The molecule has 0 saturated carbocycles. The van der Waals surface area contributed by atoms with E-state index in [1.165, 1.54) is 0 Å². The molecule has 76 valence electrons. The second-order valence-corrected chi connectivity index (χ2v) is 3.85. The van der Waals surface area contributed by atoms with Gasteiger partial charge in [-0.3, -0.25) is 9.59 Å². The number of carboxylic acid groups (broad SMARTS) is 1. The van der Waals surface area contributed by atoms with Crippen LogP contribution in [-0.4, -0.2) is 16.9 Å². The number of carbonyl (C=O) groups excluding carboxylic acids is 1. The first-order valence-corrected chi connectivity index (χ1v) is 4.59. The van der Waals surface area contributed by atoms with Crippen molar-refractivity contribution in [1.29, 1.82) is 0 Å². The molecule has 0 amide bonds. The number of aliphatic carboxylic acids is 1. The summed E-state index contributed by atoms with van der Waals surface area (Å²) in [7, 11) is 0. The predicted molar refractivity (Wildman–Crippen MR) is 50.4 cm³/mol. The van der Waals surface area contributed by atoms with Crippen molar-refractivity contribution in [3.05, 3.63) is 0 Å². The summed E-state index contributed by atoms with van der Waals surface area (Å²) in [5.74, 6) is -0.921. The molecule has 3 heteroatoms. The highest BCUT2D eigenvalue weighted by molar-refractivity contribution is 5.78. The second kappa shape index (κ2) is 5.00. The number of hydrogen-bond donors (Lipinski definition) is 1. The van der Waals surface area contributed by atoms with Gasteiger partial charge in [-0.05, 0) is 19.3 Å². The van der Waals surface area contributed by atoms with Gasteiger partial charge in [0.05, 0.1) is 5.92 Å². The zero-order valence-corrected chi connectivity index (χ0v) is 8.70. The molecule has 0 bridgehead atoms. The first-order valence-electron chi connectivity index (χ1n) is 4.59. The lowest BCUT2D eigenvalue weighted by Gasteiger charge is -2.18. The van der Waals surface area contributed by atoms with Gasteiger partial charge in [0.2, 0.25) is 0 Å². The highest BCUT2D eigenvalue weighted by atomic mass is 16.4. The van der Waals surface area contributed by atoms with Crippen molar-refractivity contribution in [3.8, 4) is 0 Å². The molecule has 0 heterocycles. The van der Waals surface area contributed by atoms with Crippen LogP contribution in [0.1, 0.15) is 34.1 Å². The van der Waals surface area contributed by atoms with E-state index < -0.39 is 5.97 Å². The molecule has 0 aromatic heterocycles. The Morgan fingerprint density at radius 3 is 2.00 bits per heavy atom. The van der Waals surface area contributed by atoms with Gasteiger partial charge in [0, 0.05) is 5.92 Å². The van der Waals surface area contributed by atoms with Crippen molar-refractivity contribution in [2.24, 2.45) is 17.8 Å². The van der Waals surface area contributed by atoms with E-state index in [2.05, 4.69) is 0 Å². The van der Waals surface area contributed by atoms with E-state index in [4.69, 9.17) is 5.11 Å².